The number of hydrogen-bond acceptors (Lipinski definition) is 2. The van der Waals surface area contributed by atoms with Crippen LogP contribution in [0.1, 0.15) is 5.56 Å². The Morgan fingerprint density at radius 2 is 2.06 bits per heavy atom. The third-order valence-corrected chi connectivity index (χ3v) is 2.33. The average molecular weight is 264 g/mol. The van der Waals surface area contributed by atoms with Gasteiger partial charge in [-0.1, -0.05) is 6.07 Å². The summed E-state index contributed by atoms with van der Waals surface area (Å²) in [4.78, 5) is 0. The number of benzene rings is 1. The van der Waals surface area contributed by atoms with Crippen LogP contribution in [-0.4, -0.2) is 18.6 Å². The molecule has 1 atom stereocenters. The van der Waals surface area contributed by atoms with Crippen molar-refractivity contribution in [3.63, 3.8) is 0 Å². The molecule has 7 heteroatoms. The zero-order chi connectivity index (χ0) is 13.9. The van der Waals surface area contributed by atoms with Crippen LogP contribution in [0.2, 0.25) is 0 Å². The van der Waals surface area contributed by atoms with Gasteiger partial charge in [0, 0.05) is 6.07 Å². The van der Waals surface area contributed by atoms with Gasteiger partial charge in [0.25, 0.3) is 0 Å². The molecule has 0 spiro atoms. The van der Waals surface area contributed by atoms with Gasteiger partial charge in [0.15, 0.2) is 0 Å². The lowest BCUT2D eigenvalue weighted by Gasteiger charge is -2.19. The maximum Gasteiger partial charge on any atom is 0.401 e. The predicted octanol–water partition coefficient (Wildman–Crippen LogP) is 2.63. The number of amidine groups is 1. The topological polar surface area (TPSA) is 59.1 Å². The molecule has 0 amide bonds. The SMILES string of the molecule is Cc1ccc(OCC(C(=N)N)C(F)(F)F)cc1F. The summed E-state index contributed by atoms with van der Waals surface area (Å²) in [5, 5.41) is 6.85. The second-order valence-electron chi connectivity index (χ2n) is 3.77. The van der Waals surface area contributed by atoms with E-state index >= 15 is 0 Å². The number of hydrogen-bond donors (Lipinski definition) is 2. The predicted molar refractivity (Wildman–Crippen MR) is 58.1 cm³/mol. The first kappa shape index (κ1) is 14.3. The molecule has 0 aliphatic rings. The molecular weight excluding hydrogens is 252 g/mol. The highest BCUT2D eigenvalue weighted by Crippen LogP contribution is 2.27. The molecule has 0 fully saturated rings. The van der Waals surface area contributed by atoms with Crippen LogP contribution in [0, 0.1) is 24.1 Å². The molecule has 0 saturated carbocycles. The highest BCUT2D eigenvalue weighted by Gasteiger charge is 2.42. The van der Waals surface area contributed by atoms with Crippen molar-refractivity contribution in [2.24, 2.45) is 11.7 Å². The van der Waals surface area contributed by atoms with Crippen molar-refractivity contribution in [1.82, 2.24) is 0 Å². The lowest BCUT2D eigenvalue weighted by Crippen LogP contribution is -2.39. The number of rotatable bonds is 4. The van der Waals surface area contributed by atoms with Crippen molar-refractivity contribution in [2.75, 3.05) is 6.61 Å². The molecule has 1 unspecified atom stereocenters. The number of halogens is 4. The minimum atomic E-state index is -4.66. The van der Waals surface area contributed by atoms with Gasteiger partial charge in [-0.15, -0.1) is 0 Å². The van der Waals surface area contributed by atoms with E-state index in [1.165, 1.54) is 19.1 Å². The van der Waals surface area contributed by atoms with Crippen LogP contribution >= 0.6 is 0 Å². The van der Waals surface area contributed by atoms with E-state index in [1.54, 1.807) is 0 Å². The van der Waals surface area contributed by atoms with Crippen LogP contribution in [-0.2, 0) is 0 Å². The Kier molecular flexibility index (Phi) is 4.15. The molecule has 0 heterocycles. The first-order valence-corrected chi connectivity index (χ1v) is 5.01. The van der Waals surface area contributed by atoms with Crippen LogP contribution < -0.4 is 10.5 Å². The summed E-state index contributed by atoms with van der Waals surface area (Å²) in [6.45, 7) is 0.675. The molecule has 0 aromatic heterocycles. The average Bonchev–Trinajstić information content (AvgIpc) is 2.21. The molecule has 0 aliphatic carbocycles. The van der Waals surface area contributed by atoms with Crippen molar-refractivity contribution < 1.29 is 22.3 Å². The van der Waals surface area contributed by atoms with E-state index in [0.29, 0.717) is 5.56 Å². The summed E-state index contributed by atoms with van der Waals surface area (Å²) in [6.07, 6.45) is -4.66. The molecule has 3 N–H and O–H groups in total. The monoisotopic (exact) mass is 264 g/mol. The number of nitrogens with one attached hydrogen (secondary N) is 1. The van der Waals surface area contributed by atoms with E-state index in [2.05, 4.69) is 0 Å². The van der Waals surface area contributed by atoms with Crippen molar-refractivity contribution in [3.8, 4) is 5.75 Å². The molecule has 0 saturated heterocycles. The van der Waals surface area contributed by atoms with E-state index in [9.17, 15) is 17.6 Å². The maximum absolute atomic E-state index is 13.1. The van der Waals surface area contributed by atoms with Gasteiger partial charge in [-0.05, 0) is 18.6 Å². The van der Waals surface area contributed by atoms with Crippen LogP contribution in [0.5, 0.6) is 5.75 Å². The molecule has 0 bridgehead atoms. The fourth-order valence-corrected chi connectivity index (χ4v) is 1.20. The van der Waals surface area contributed by atoms with Gasteiger partial charge in [0.2, 0.25) is 0 Å². The summed E-state index contributed by atoms with van der Waals surface area (Å²) in [6, 6.07) is 3.73. The Hall–Kier alpha value is -1.79. The number of nitrogens with two attached hydrogens (primary N) is 1. The van der Waals surface area contributed by atoms with Crippen LogP contribution in [0.25, 0.3) is 0 Å². The summed E-state index contributed by atoms with van der Waals surface area (Å²) in [5.74, 6) is -3.83. The maximum atomic E-state index is 13.1. The molecule has 3 nitrogen and oxygen atoms in total. The molecule has 1 aromatic rings. The molecule has 0 aliphatic heterocycles. The van der Waals surface area contributed by atoms with E-state index in [0.717, 1.165) is 6.07 Å². The van der Waals surface area contributed by atoms with E-state index in [1.807, 2.05) is 0 Å². The van der Waals surface area contributed by atoms with Crippen molar-refractivity contribution in [1.29, 1.82) is 5.41 Å². The first-order chi connectivity index (χ1) is 8.21. The minimum Gasteiger partial charge on any atom is -0.492 e. The molecule has 1 aromatic carbocycles. The summed E-state index contributed by atoms with van der Waals surface area (Å²) >= 11 is 0. The Labute approximate surface area is 101 Å². The Morgan fingerprint density at radius 1 is 1.44 bits per heavy atom. The lowest BCUT2D eigenvalue weighted by molar-refractivity contribution is -0.162. The van der Waals surface area contributed by atoms with Gasteiger partial charge >= 0.3 is 6.18 Å². The van der Waals surface area contributed by atoms with E-state index in [4.69, 9.17) is 15.9 Å². The highest BCUT2D eigenvalue weighted by atomic mass is 19.4. The fraction of sp³-hybridized carbons (Fsp3) is 0.364. The van der Waals surface area contributed by atoms with Gasteiger partial charge in [0.1, 0.15) is 29.9 Å². The quantitative estimate of drug-likeness (QED) is 0.499. The molecule has 0 radical (unpaired) electrons. The third kappa shape index (κ3) is 3.61. The third-order valence-electron chi connectivity index (χ3n) is 2.33. The van der Waals surface area contributed by atoms with E-state index in [-0.39, 0.29) is 5.75 Å². The fourth-order valence-electron chi connectivity index (χ4n) is 1.20. The standard InChI is InChI=1S/C11H12F4N2O/c1-6-2-3-7(4-9(6)12)18-5-8(10(16)17)11(13,14)15/h2-4,8H,5H2,1H3,(H3,16,17). The number of aryl methyl sites for hydroxylation is 1. The van der Waals surface area contributed by atoms with Crippen molar-refractivity contribution in [3.05, 3.63) is 29.6 Å². The van der Waals surface area contributed by atoms with Crippen LogP contribution in [0.4, 0.5) is 17.6 Å². The molecule has 1 rings (SSSR count). The summed E-state index contributed by atoms with van der Waals surface area (Å²) < 4.78 is 55.3. The zero-order valence-electron chi connectivity index (χ0n) is 9.51. The number of ether oxygens (including phenoxy) is 1. The second-order valence-corrected chi connectivity index (χ2v) is 3.77. The van der Waals surface area contributed by atoms with E-state index < -0.39 is 30.4 Å². The van der Waals surface area contributed by atoms with Gasteiger partial charge in [-0.25, -0.2) is 4.39 Å². The molecular formula is C11H12F4N2O. The van der Waals surface area contributed by atoms with Gasteiger partial charge < -0.3 is 10.5 Å². The summed E-state index contributed by atoms with van der Waals surface area (Å²) in [5.41, 5.74) is 5.21. The van der Waals surface area contributed by atoms with Crippen molar-refractivity contribution >= 4 is 5.84 Å². The molecule has 100 valence electrons. The van der Waals surface area contributed by atoms with Gasteiger partial charge in [-0.3, -0.25) is 5.41 Å². The Bertz CT molecular complexity index is 445. The largest absolute Gasteiger partial charge is 0.492 e. The summed E-state index contributed by atoms with van der Waals surface area (Å²) in [7, 11) is 0. The van der Waals surface area contributed by atoms with Crippen LogP contribution in [0.15, 0.2) is 18.2 Å². The second kappa shape index (κ2) is 5.24. The minimum absolute atomic E-state index is 0.0337. The Morgan fingerprint density at radius 3 is 2.50 bits per heavy atom. The van der Waals surface area contributed by atoms with Gasteiger partial charge in [-0.2, -0.15) is 13.2 Å². The highest BCUT2D eigenvalue weighted by molar-refractivity contribution is 5.80. The van der Waals surface area contributed by atoms with Gasteiger partial charge in [0.05, 0.1) is 0 Å². The normalized spacial score (nSPS) is 13.2. The van der Waals surface area contributed by atoms with Crippen molar-refractivity contribution in [2.45, 2.75) is 13.1 Å². The molecule has 18 heavy (non-hydrogen) atoms. The lowest BCUT2D eigenvalue weighted by atomic mass is 10.1. The smallest absolute Gasteiger partial charge is 0.401 e. The zero-order valence-corrected chi connectivity index (χ0v) is 9.51. The van der Waals surface area contributed by atoms with Crippen LogP contribution in [0.3, 0.4) is 0 Å². The number of alkyl halides is 3. The Balaban J connectivity index is 2.73. The first-order valence-electron chi connectivity index (χ1n) is 5.01.